The minimum atomic E-state index is -0.649. The first-order chi connectivity index (χ1) is 11.5. The molecule has 1 N–H and O–H groups in total. The van der Waals surface area contributed by atoms with E-state index in [1.54, 1.807) is 25.3 Å². The smallest absolute Gasteiger partial charge is 0.265 e. The zero-order valence-electron chi connectivity index (χ0n) is 13.4. The van der Waals surface area contributed by atoms with E-state index in [1.807, 2.05) is 43.3 Å². The van der Waals surface area contributed by atoms with Gasteiger partial charge in [-0.25, -0.2) is 0 Å². The number of rotatable bonds is 4. The average Bonchev–Trinajstić information content (AvgIpc) is 2.58. The Bertz CT molecular complexity index is 890. The van der Waals surface area contributed by atoms with Crippen LogP contribution < -0.4 is 10.1 Å². The summed E-state index contributed by atoms with van der Waals surface area (Å²) in [5.41, 5.74) is 2.32. The van der Waals surface area contributed by atoms with Gasteiger partial charge in [0.25, 0.3) is 5.91 Å². The molecule has 1 amide bonds. The molecule has 0 radical (unpaired) electrons. The maximum Gasteiger partial charge on any atom is 0.265 e. The zero-order valence-corrected chi connectivity index (χ0v) is 14.2. The Hall–Kier alpha value is -2.59. The van der Waals surface area contributed by atoms with Crippen LogP contribution in [-0.2, 0) is 4.79 Å². The molecule has 5 heteroatoms. The number of anilines is 1. The number of aromatic nitrogens is 1. The fraction of sp³-hybridized carbons (Fsp3) is 0.158. The van der Waals surface area contributed by atoms with Gasteiger partial charge in [0.2, 0.25) is 0 Å². The Morgan fingerprint density at radius 3 is 2.79 bits per heavy atom. The summed E-state index contributed by atoms with van der Waals surface area (Å²) in [6.07, 6.45) is 1.05. The number of benzene rings is 2. The van der Waals surface area contributed by atoms with Crippen LogP contribution in [-0.4, -0.2) is 17.0 Å². The molecule has 1 heterocycles. The van der Waals surface area contributed by atoms with E-state index in [2.05, 4.69) is 10.3 Å². The first kappa shape index (κ1) is 16.3. The van der Waals surface area contributed by atoms with Gasteiger partial charge in [-0.3, -0.25) is 9.78 Å². The predicted molar refractivity (Wildman–Crippen MR) is 96.7 cm³/mol. The number of hydrogen-bond acceptors (Lipinski definition) is 3. The largest absolute Gasteiger partial charge is 0.481 e. The molecule has 1 atom stereocenters. The van der Waals surface area contributed by atoms with Gasteiger partial charge in [0.05, 0.1) is 11.2 Å². The molecule has 24 heavy (non-hydrogen) atoms. The number of carbonyl (C=O) groups is 1. The van der Waals surface area contributed by atoms with Gasteiger partial charge in [0, 0.05) is 16.6 Å². The lowest BCUT2D eigenvalue weighted by atomic mass is 10.2. The first-order valence-corrected chi connectivity index (χ1v) is 8.00. The molecule has 4 nitrogen and oxygen atoms in total. The maximum atomic E-state index is 12.4. The van der Waals surface area contributed by atoms with Crippen molar-refractivity contribution >= 4 is 34.1 Å². The summed E-state index contributed by atoms with van der Waals surface area (Å²) in [7, 11) is 0. The number of aryl methyl sites for hydroxylation is 1. The van der Waals surface area contributed by atoms with Crippen molar-refractivity contribution in [2.24, 2.45) is 0 Å². The van der Waals surface area contributed by atoms with Crippen LogP contribution in [0.1, 0.15) is 12.5 Å². The highest BCUT2D eigenvalue weighted by molar-refractivity contribution is 6.31. The molecule has 0 fully saturated rings. The van der Waals surface area contributed by atoms with Gasteiger partial charge >= 0.3 is 0 Å². The Morgan fingerprint density at radius 1 is 1.21 bits per heavy atom. The zero-order chi connectivity index (χ0) is 17.1. The van der Waals surface area contributed by atoms with Crippen LogP contribution in [0.2, 0.25) is 5.02 Å². The number of para-hydroxylation sites is 1. The number of fused-ring (bicyclic) bond motifs is 1. The Labute approximate surface area is 145 Å². The van der Waals surface area contributed by atoms with Crippen molar-refractivity contribution in [2.75, 3.05) is 5.32 Å². The van der Waals surface area contributed by atoms with Crippen molar-refractivity contribution in [3.8, 4) is 5.75 Å². The fourth-order valence-electron chi connectivity index (χ4n) is 2.39. The number of halogens is 1. The van der Waals surface area contributed by atoms with E-state index in [1.165, 1.54) is 0 Å². The lowest BCUT2D eigenvalue weighted by Crippen LogP contribution is -2.30. The molecule has 0 aliphatic carbocycles. The molecule has 0 saturated carbocycles. The van der Waals surface area contributed by atoms with Crippen molar-refractivity contribution in [1.29, 1.82) is 0 Å². The Morgan fingerprint density at radius 2 is 2.00 bits per heavy atom. The van der Waals surface area contributed by atoms with E-state index >= 15 is 0 Å². The topological polar surface area (TPSA) is 51.2 Å². The summed E-state index contributed by atoms with van der Waals surface area (Å²) in [6, 6.07) is 14.8. The van der Waals surface area contributed by atoms with E-state index in [4.69, 9.17) is 16.3 Å². The van der Waals surface area contributed by atoms with Gasteiger partial charge in [-0.2, -0.15) is 0 Å². The number of ether oxygens (including phenoxy) is 1. The number of pyridine rings is 1. The number of nitrogens with zero attached hydrogens (tertiary/aromatic N) is 1. The number of carbonyl (C=O) groups excluding carboxylic acids is 1. The fourth-order valence-corrected chi connectivity index (χ4v) is 2.51. The average molecular weight is 341 g/mol. The van der Waals surface area contributed by atoms with Crippen molar-refractivity contribution < 1.29 is 9.53 Å². The summed E-state index contributed by atoms with van der Waals surface area (Å²) in [4.78, 5) is 16.8. The van der Waals surface area contributed by atoms with E-state index in [9.17, 15) is 4.79 Å². The molecule has 0 aliphatic rings. The molecule has 2 aromatic carbocycles. The first-order valence-electron chi connectivity index (χ1n) is 7.62. The van der Waals surface area contributed by atoms with Crippen LogP contribution >= 0.6 is 11.6 Å². The molecule has 0 saturated heterocycles. The van der Waals surface area contributed by atoms with Gasteiger partial charge in [-0.05, 0) is 49.7 Å². The third kappa shape index (κ3) is 3.49. The maximum absolute atomic E-state index is 12.4. The Balaban J connectivity index is 1.75. The number of nitrogens with one attached hydrogen (secondary N) is 1. The van der Waals surface area contributed by atoms with Crippen LogP contribution in [0.25, 0.3) is 10.9 Å². The lowest BCUT2D eigenvalue weighted by Gasteiger charge is -2.16. The molecule has 3 aromatic rings. The van der Waals surface area contributed by atoms with Crippen LogP contribution in [0.3, 0.4) is 0 Å². The van der Waals surface area contributed by atoms with Gasteiger partial charge in [0.15, 0.2) is 6.10 Å². The standard InChI is InChI=1S/C19H17ClN2O2/c1-12-11-15(8-9-16(12)20)24-13(2)19(23)22-17-7-3-5-14-6-4-10-21-18(14)17/h3-11,13H,1-2H3,(H,22,23)/t13-/m1/s1. The summed E-state index contributed by atoms with van der Waals surface area (Å²) >= 11 is 6.00. The molecule has 0 unspecified atom stereocenters. The minimum absolute atomic E-state index is 0.235. The van der Waals surface area contributed by atoms with E-state index < -0.39 is 6.10 Å². The molecule has 122 valence electrons. The lowest BCUT2D eigenvalue weighted by molar-refractivity contribution is -0.122. The molecule has 3 rings (SSSR count). The third-order valence-corrected chi connectivity index (χ3v) is 4.13. The quantitative estimate of drug-likeness (QED) is 0.755. The van der Waals surface area contributed by atoms with Crippen LogP contribution in [0, 0.1) is 6.92 Å². The summed E-state index contributed by atoms with van der Waals surface area (Å²) in [6.45, 7) is 3.60. The predicted octanol–water partition coefficient (Wildman–Crippen LogP) is 4.60. The molecular formula is C19H17ClN2O2. The van der Waals surface area contributed by atoms with Crippen molar-refractivity contribution in [2.45, 2.75) is 20.0 Å². The van der Waals surface area contributed by atoms with Gasteiger partial charge in [0.1, 0.15) is 5.75 Å². The van der Waals surface area contributed by atoms with Gasteiger partial charge in [-0.1, -0.05) is 29.8 Å². The molecule has 0 bridgehead atoms. The van der Waals surface area contributed by atoms with Gasteiger partial charge < -0.3 is 10.1 Å². The molecule has 0 spiro atoms. The minimum Gasteiger partial charge on any atom is -0.481 e. The van der Waals surface area contributed by atoms with E-state index in [0.29, 0.717) is 16.5 Å². The number of hydrogen-bond donors (Lipinski definition) is 1. The molecular weight excluding hydrogens is 324 g/mol. The van der Waals surface area contributed by atoms with E-state index in [-0.39, 0.29) is 5.91 Å². The highest BCUT2D eigenvalue weighted by Gasteiger charge is 2.16. The van der Waals surface area contributed by atoms with Crippen LogP contribution in [0.5, 0.6) is 5.75 Å². The van der Waals surface area contributed by atoms with Crippen molar-refractivity contribution in [3.05, 3.63) is 65.3 Å². The SMILES string of the molecule is Cc1cc(O[C@H](C)C(=O)Nc2cccc3cccnc23)ccc1Cl. The normalized spacial score (nSPS) is 12.0. The monoisotopic (exact) mass is 340 g/mol. The Kier molecular flexibility index (Phi) is 4.67. The summed E-state index contributed by atoms with van der Waals surface area (Å²) in [5.74, 6) is 0.372. The van der Waals surface area contributed by atoms with Crippen LogP contribution in [0.4, 0.5) is 5.69 Å². The van der Waals surface area contributed by atoms with Crippen molar-refractivity contribution in [3.63, 3.8) is 0 Å². The third-order valence-electron chi connectivity index (χ3n) is 3.70. The highest BCUT2D eigenvalue weighted by Crippen LogP contribution is 2.23. The summed E-state index contributed by atoms with van der Waals surface area (Å²) in [5, 5.41) is 4.52. The second-order valence-electron chi connectivity index (χ2n) is 5.54. The second-order valence-corrected chi connectivity index (χ2v) is 5.95. The van der Waals surface area contributed by atoms with E-state index in [0.717, 1.165) is 16.5 Å². The highest BCUT2D eigenvalue weighted by atomic mass is 35.5. The van der Waals surface area contributed by atoms with Crippen molar-refractivity contribution in [1.82, 2.24) is 4.98 Å². The second kappa shape index (κ2) is 6.89. The number of amides is 1. The molecule has 0 aliphatic heterocycles. The van der Waals surface area contributed by atoms with Gasteiger partial charge in [-0.15, -0.1) is 0 Å². The summed E-state index contributed by atoms with van der Waals surface area (Å²) < 4.78 is 5.71. The van der Waals surface area contributed by atoms with Crippen LogP contribution in [0.15, 0.2) is 54.7 Å². The molecule has 1 aromatic heterocycles.